The first-order valence-corrected chi connectivity index (χ1v) is 8.63. The highest BCUT2D eigenvalue weighted by Crippen LogP contribution is 2.30. The standard InChI is InChI=1S/C21H21F3N2O3/c1-14(15-8-6-9-17(11-15)21(22,23)24)12-25-13-16-7-4-5-10-18(16)19(26-29-3)20(27)28-2/h4-12,25H,13H2,1-3H3. The first-order valence-electron chi connectivity index (χ1n) is 8.63. The van der Waals surface area contributed by atoms with Crippen molar-refractivity contribution in [2.45, 2.75) is 19.6 Å². The Morgan fingerprint density at radius 3 is 2.52 bits per heavy atom. The maximum atomic E-state index is 12.9. The summed E-state index contributed by atoms with van der Waals surface area (Å²) in [6, 6.07) is 12.2. The van der Waals surface area contributed by atoms with Gasteiger partial charge in [-0.1, -0.05) is 41.6 Å². The number of allylic oxidation sites excluding steroid dienone is 1. The van der Waals surface area contributed by atoms with Crippen LogP contribution in [0.15, 0.2) is 59.9 Å². The number of benzene rings is 2. The molecule has 0 unspecified atom stereocenters. The maximum absolute atomic E-state index is 12.9. The van der Waals surface area contributed by atoms with Gasteiger partial charge in [0.05, 0.1) is 12.7 Å². The number of esters is 1. The molecule has 0 radical (unpaired) electrons. The Labute approximate surface area is 166 Å². The number of halogens is 3. The fourth-order valence-corrected chi connectivity index (χ4v) is 2.63. The molecular weight excluding hydrogens is 385 g/mol. The van der Waals surface area contributed by atoms with Gasteiger partial charge in [0.1, 0.15) is 7.11 Å². The lowest BCUT2D eigenvalue weighted by Crippen LogP contribution is -2.20. The topological polar surface area (TPSA) is 59.9 Å². The molecule has 0 aliphatic rings. The molecule has 0 saturated heterocycles. The summed E-state index contributed by atoms with van der Waals surface area (Å²) in [6.45, 7) is 2.02. The van der Waals surface area contributed by atoms with E-state index in [1.54, 1.807) is 43.5 Å². The van der Waals surface area contributed by atoms with Crippen LogP contribution < -0.4 is 5.32 Å². The second-order valence-corrected chi connectivity index (χ2v) is 6.06. The minimum Gasteiger partial charge on any atom is -0.464 e. The molecule has 29 heavy (non-hydrogen) atoms. The third-order valence-electron chi connectivity index (χ3n) is 4.09. The quantitative estimate of drug-likeness (QED) is 0.421. The molecule has 0 aliphatic carbocycles. The number of nitrogens with one attached hydrogen (secondary N) is 1. The summed E-state index contributed by atoms with van der Waals surface area (Å²) in [6.07, 6.45) is -2.77. The number of ether oxygens (including phenoxy) is 1. The van der Waals surface area contributed by atoms with E-state index in [1.807, 2.05) is 0 Å². The zero-order valence-corrected chi connectivity index (χ0v) is 16.2. The monoisotopic (exact) mass is 406 g/mol. The number of oxime groups is 1. The van der Waals surface area contributed by atoms with Crippen molar-refractivity contribution < 1.29 is 27.5 Å². The normalized spacial score (nSPS) is 12.5. The number of carbonyl (C=O) groups is 1. The van der Waals surface area contributed by atoms with Crippen LogP contribution in [0.5, 0.6) is 0 Å². The highest BCUT2D eigenvalue weighted by Gasteiger charge is 2.30. The minimum atomic E-state index is -4.40. The predicted molar refractivity (Wildman–Crippen MR) is 104 cm³/mol. The summed E-state index contributed by atoms with van der Waals surface area (Å²) in [5.41, 5.74) is 1.67. The molecular formula is C21H21F3N2O3. The van der Waals surface area contributed by atoms with Crippen molar-refractivity contribution in [3.05, 3.63) is 77.0 Å². The SMILES string of the molecule is CON=C(C(=O)OC)c1ccccc1CNC=C(C)c1cccc(C(F)(F)F)c1. The van der Waals surface area contributed by atoms with E-state index < -0.39 is 17.7 Å². The van der Waals surface area contributed by atoms with E-state index >= 15 is 0 Å². The number of alkyl halides is 3. The van der Waals surface area contributed by atoms with Crippen LogP contribution in [0.25, 0.3) is 5.57 Å². The molecule has 0 heterocycles. The van der Waals surface area contributed by atoms with Crippen LogP contribution in [0.2, 0.25) is 0 Å². The summed E-state index contributed by atoms with van der Waals surface area (Å²) in [5.74, 6) is -0.644. The molecule has 0 amide bonds. The van der Waals surface area contributed by atoms with Crippen LogP contribution in [-0.2, 0) is 27.1 Å². The summed E-state index contributed by atoms with van der Waals surface area (Å²) in [7, 11) is 2.57. The van der Waals surface area contributed by atoms with E-state index in [0.717, 1.165) is 17.7 Å². The average molecular weight is 406 g/mol. The highest BCUT2D eigenvalue weighted by molar-refractivity contribution is 6.43. The fourth-order valence-electron chi connectivity index (χ4n) is 2.63. The number of nitrogens with zero attached hydrogens (tertiary/aromatic N) is 1. The smallest absolute Gasteiger partial charge is 0.416 e. The van der Waals surface area contributed by atoms with Crippen LogP contribution in [0, 0.1) is 0 Å². The first-order chi connectivity index (χ1) is 13.8. The van der Waals surface area contributed by atoms with Gasteiger partial charge in [0.15, 0.2) is 5.71 Å². The molecule has 2 aromatic carbocycles. The molecule has 8 heteroatoms. The van der Waals surface area contributed by atoms with Crippen LogP contribution in [-0.4, -0.2) is 25.9 Å². The Balaban J connectivity index is 2.21. The molecule has 0 aliphatic heterocycles. The molecule has 0 fully saturated rings. The molecule has 154 valence electrons. The van der Waals surface area contributed by atoms with Gasteiger partial charge in [0, 0.05) is 18.3 Å². The number of carbonyl (C=O) groups excluding carboxylic acids is 1. The van der Waals surface area contributed by atoms with Crippen molar-refractivity contribution in [2.75, 3.05) is 14.2 Å². The van der Waals surface area contributed by atoms with Crippen molar-refractivity contribution in [3.8, 4) is 0 Å². The van der Waals surface area contributed by atoms with Crippen molar-refractivity contribution in [1.29, 1.82) is 0 Å². The Bertz CT molecular complexity index is 921. The van der Waals surface area contributed by atoms with E-state index in [0.29, 0.717) is 23.2 Å². The van der Waals surface area contributed by atoms with Gasteiger partial charge in [-0.25, -0.2) is 4.79 Å². The van der Waals surface area contributed by atoms with Crippen LogP contribution in [0.1, 0.15) is 29.2 Å². The Kier molecular flexibility index (Phi) is 7.41. The number of methoxy groups -OCH3 is 1. The average Bonchev–Trinajstić information content (AvgIpc) is 2.71. The van der Waals surface area contributed by atoms with Crippen LogP contribution in [0.4, 0.5) is 13.2 Å². The van der Waals surface area contributed by atoms with Gasteiger partial charge in [-0.15, -0.1) is 0 Å². The van der Waals surface area contributed by atoms with Gasteiger partial charge < -0.3 is 14.9 Å². The van der Waals surface area contributed by atoms with E-state index in [2.05, 4.69) is 10.5 Å². The number of hydrogen-bond acceptors (Lipinski definition) is 5. The second kappa shape index (κ2) is 9.77. The molecule has 1 N–H and O–H groups in total. The molecule has 0 bridgehead atoms. The van der Waals surface area contributed by atoms with Crippen LogP contribution >= 0.6 is 0 Å². The van der Waals surface area contributed by atoms with Gasteiger partial charge in [0.25, 0.3) is 0 Å². The molecule has 2 aromatic rings. The third-order valence-corrected chi connectivity index (χ3v) is 4.09. The van der Waals surface area contributed by atoms with Crippen molar-refractivity contribution in [2.24, 2.45) is 5.16 Å². The molecule has 5 nitrogen and oxygen atoms in total. The molecule has 0 saturated carbocycles. The lowest BCUT2D eigenvalue weighted by Gasteiger charge is -2.12. The summed E-state index contributed by atoms with van der Waals surface area (Å²) < 4.78 is 43.4. The van der Waals surface area contributed by atoms with E-state index in [1.165, 1.54) is 20.3 Å². The maximum Gasteiger partial charge on any atom is 0.416 e. The first kappa shape index (κ1) is 22.0. The van der Waals surface area contributed by atoms with E-state index in [4.69, 9.17) is 9.57 Å². The molecule has 0 atom stereocenters. The minimum absolute atomic E-state index is 0.0194. The van der Waals surface area contributed by atoms with Crippen molar-refractivity contribution in [3.63, 3.8) is 0 Å². The van der Waals surface area contributed by atoms with Gasteiger partial charge in [-0.05, 0) is 35.8 Å². The van der Waals surface area contributed by atoms with Crippen LogP contribution in [0.3, 0.4) is 0 Å². The third kappa shape index (κ3) is 5.84. The van der Waals surface area contributed by atoms with Gasteiger partial charge in [0.2, 0.25) is 0 Å². The van der Waals surface area contributed by atoms with Crippen molar-refractivity contribution >= 4 is 17.3 Å². The molecule has 0 aromatic heterocycles. The van der Waals surface area contributed by atoms with E-state index in [9.17, 15) is 18.0 Å². The zero-order chi connectivity index (χ0) is 21.4. The second-order valence-electron chi connectivity index (χ2n) is 6.06. The number of rotatable bonds is 7. The zero-order valence-electron chi connectivity index (χ0n) is 16.2. The van der Waals surface area contributed by atoms with Crippen molar-refractivity contribution in [1.82, 2.24) is 5.32 Å². The summed E-state index contributed by atoms with van der Waals surface area (Å²) in [4.78, 5) is 16.7. The highest BCUT2D eigenvalue weighted by atomic mass is 19.4. The Hall–Kier alpha value is -3.29. The fraction of sp³-hybridized carbons (Fsp3) is 0.238. The van der Waals surface area contributed by atoms with Gasteiger partial charge >= 0.3 is 12.1 Å². The summed E-state index contributed by atoms with van der Waals surface area (Å²) >= 11 is 0. The molecule has 0 spiro atoms. The van der Waals surface area contributed by atoms with Gasteiger partial charge in [-0.3, -0.25) is 0 Å². The summed E-state index contributed by atoms with van der Waals surface area (Å²) in [5, 5.41) is 6.80. The largest absolute Gasteiger partial charge is 0.464 e. The Morgan fingerprint density at radius 2 is 1.86 bits per heavy atom. The lowest BCUT2D eigenvalue weighted by molar-refractivity contribution is -0.137. The lowest BCUT2D eigenvalue weighted by atomic mass is 10.0. The Morgan fingerprint density at radius 1 is 1.14 bits per heavy atom. The van der Waals surface area contributed by atoms with Gasteiger partial charge in [-0.2, -0.15) is 13.2 Å². The predicted octanol–water partition coefficient (Wildman–Crippen LogP) is 4.38. The number of hydrogen-bond donors (Lipinski definition) is 1. The van der Waals surface area contributed by atoms with E-state index in [-0.39, 0.29) is 5.71 Å². The molecule has 2 rings (SSSR count).